The number of nitrogens with zero attached hydrogens (tertiary/aromatic N) is 1. The van der Waals surface area contributed by atoms with Crippen LogP contribution in [0.15, 0.2) is 16.6 Å². The van der Waals surface area contributed by atoms with Gasteiger partial charge in [0.25, 0.3) is 0 Å². The molecule has 1 amide bonds. The Balaban J connectivity index is 1.60. The highest BCUT2D eigenvalue weighted by Crippen LogP contribution is 2.40. The third kappa shape index (κ3) is 4.30. The van der Waals surface area contributed by atoms with Crippen LogP contribution in [0.1, 0.15) is 46.5 Å². The topological polar surface area (TPSA) is 38.8 Å². The molecule has 1 aromatic rings. The Morgan fingerprint density at radius 2 is 1.73 bits per heavy atom. The molecule has 2 heterocycles. The first-order valence-electron chi connectivity index (χ1n) is 8.92. The lowest BCUT2D eigenvalue weighted by Gasteiger charge is -2.39. The molecule has 26 heavy (non-hydrogen) atoms. The molecule has 2 atom stereocenters. The van der Waals surface area contributed by atoms with Gasteiger partial charge in [-0.3, -0.25) is 0 Å². The zero-order valence-corrected chi connectivity index (χ0v) is 16.8. The first kappa shape index (κ1) is 19.4. The number of fused-ring (bicyclic) bond motifs is 2. The average Bonchev–Trinajstić information content (AvgIpc) is 2.76. The Bertz CT molecular complexity index is 655. The Morgan fingerprint density at radius 3 is 2.23 bits per heavy atom. The largest absolute Gasteiger partial charge is 0.487 e. The van der Waals surface area contributed by atoms with Crippen LogP contribution < -0.4 is 4.74 Å². The number of amides is 1. The van der Waals surface area contributed by atoms with Gasteiger partial charge in [0.05, 0.1) is 6.61 Å². The highest BCUT2D eigenvalue weighted by molar-refractivity contribution is 9.10. The number of benzene rings is 1. The Hall–Kier alpha value is -1.37. The molecule has 2 bridgehead atoms. The molecule has 2 saturated heterocycles. The van der Waals surface area contributed by atoms with Crippen LogP contribution in [-0.4, -0.2) is 35.3 Å². The van der Waals surface area contributed by atoms with E-state index in [2.05, 4.69) is 15.9 Å². The fourth-order valence-electron chi connectivity index (χ4n) is 3.91. The van der Waals surface area contributed by atoms with Crippen LogP contribution in [0.3, 0.4) is 0 Å². The molecule has 0 aliphatic carbocycles. The van der Waals surface area contributed by atoms with Crippen LogP contribution in [0, 0.1) is 17.6 Å². The monoisotopic (exact) mass is 431 g/mol. The molecule has 0 radical (unpaired) electrons. The molecule has 0 spiro atoms. The number of rotatable bonds is 3. The third-order valence-electron chi connectivity index (χ3n) is 4.86. The second kappa shape index (κ2) is 7.33. The SMILES string of the molecule is CC(C)(C)OC(=O)N1C2CCC1CC(COc1c(F)cc(Br)cc1F)C2. The summed E-state index contributed by atoms with van der Waals surface area (Å²) in [7, 11) is 0. The molecular weight excluding hydrogens is 408 g/mol. The van der Waals surface area contributed by atoms with Gasteiger partial charge in [-0.05, 0) is 64.5 Å². The van der Waals surface area contributed by atoms with Gasteiger partial charge in [-0.15, -0.1) is 0 Å². The highest BCUT2D eigenvalue weighted by atomic mass is 79.9. The maximum atomic E-state index is 13.9. The molecule has 1 aromatic carbocycles. The van der Waals surface area contributed by atoms with E-state index in [0.717, 1.165) is 25.7 Å². The maximum absolute atomic E-state index is 13.9. The summed E-state index contributed by atoms with van der Waals surface area (Å²) in [4.78, 5) is 14.3. The molecule has 4 nitrogen and oxygen atoms in total. The van der Waals surface area contributed by atoms with Gasteiger partial charge < -0.3 is 14.4 Å². The van der Waals surface area contributed by atoms with Crippen molar-refractivity contribution in [2.45, 2.75) is 64.1 Å². The summed E-state index contributed by atoms with van der Waals surface area (Å²) in [5.41, 5.74) is -0.521. The summed E-state index contributed by atoms with van der Waals surface area (Å²) < 4.78 is 39.1. The van der Waals surface area contributed by atoms with Crippen molar-refractivity contribution < 1.29 is 23.0 Å². The molecule has 0 N–H and O–H groups in total. The van der Waals surface area contributed by atoms with Crippen molar-refractivity contribution in [1.82, 2.24) is 4.90 Å². The molecule has 0 saturated carbocycles. The van der Waals surface area contributed by atoms with Gasteiger partial charge in [-0.2, -0.15) is 0 Å². The molecule has 3 rings (SSSR count). The summed E-state index contributed by atoms with van der Waals surface area (Å²) in [5.74, 6) is -1.61. The predicted octanol–water partition coefficient (Wildman–Crippen LogP) is 5.28. The van der Waals surface area contributed by atoms with E-state index >= 15 is 0 Å². The first-order chi connectivity index (χ1) is 12.1. The van der Waals surface area contributed by atoms with Crippen LogP contribution >= 0.6 is 15.9 Å². The van der Waals surface area contributed by atoms with Crippen LogP contribution in [0.25, 0.3) is 0 Å². The molecule has 7 heteroatoms. The van der Waals surface area contributed by atoms with E-state index in [9.17, 15) is 13.6 Å². The van der Waals surface area contributed by atoms with Crippen molar-refractivity contribution in [2.24, 2.45) is 5.92 Å². The van der Waals surface area contributed by atoms with Crippen molar-refractivity contribution >= 4 is 22.0 Å². The van der Waals surface area contributed by atoms with Gasteiger partial charge in [0.2, 0.25) is 0 Å². The lowest BCUT2D eigenvalue weighted by Crippen LogP contribution is -2.49. The van der Waals surface area contributed by atoms with Crippen LogP contribution in [0.5, 0.6) is 5.75 Å². The smallest absolute Gasteiger partial charge is 0.410 e. The first-order valence-corrected chi connectivity index (χ1v) is 9.72. The number of halogens is 3. The van der Waals surface area contributed by atoms with Gasteiger partial charge in [-0.25, -0.2) is 13.6 Å². The molecule has 2 aliphatic rings. The van der Waals surface area contributed by atoms with Crippen molar-refractivity contribution in [3.63, 3.8) is 0 Å². The van der Waals surface area contributed by atoms with E-state index in [-0.39, 0.29) is 36.5 Å². The van der Waals surface area contributed by atoms with Crippen molar-refractivity contribution in [3.05, 3.63) is 28.2 Å². The molecular formula is C19H24BrF2NO3. The minimum atomic E-state index is -0.717. The molecule has 0 aromatic heterocycles. The van der Waals surface area contributed by atoms with Crippen LogP contribution in [0.2, 0.25) is 0 Å². The van der Waals surface area contributed by atoms with Crippen molar-refractivity contribution in [2.75, 3.05) is 6.61 Å². The fraction of sp³-hybridized carbons (Fsp3) is 0.632. The predicted molar refractivity (Wildman–Crippen MR) is 97.2 cm³/mol. The second-order valence-corrected chi connectivity index (χ2v) is 9.04. The Morgan fingerprint density at radius 1 is 1.19 bits per heavy atom. The minimum absolute atomic E-state index is 0.108. The van der Waals surface area contributed by atoms with Crippen molar-refractivity contribution in [3.8, 4) is 5.75 Å². The van der Waals surface area contributed by atoms with Crippen LogP contribution in [0.4, 0.5) is 13.6 Å². The highest BCUT2D eigenvalue weighted by Gasteiger charge is 2.45. The molecule has 2 aliphatic heterocycles. The van der Waals surface area contributed by atoms with Gasteiger partial charge in [0.1, 0.15) is 5.60 Å². The second-order valence-electron chi connectivity index (χ2n) is 8.12. The third-order valence-corrected chi connectivity index (χ3v) is 5.32. The molecule has 2 fully saturated rings. The summed E-state index contributed by atoms with van der Waals surface area (Å²) in [5, 5.41) is 0. The van der Waals surface area contributed by atoms with Crippen LogP contribution in [-0.2, 0) is 4.74 Å². The Kier molecular flexibility index (Phi) is 5.47. The van der Waals surface area contributed by atoms with E-state index in [1.54, 1.807) is 0 Å². The number of carbonyl (C=O) groups excluding carboxylic acids is 1. The number of hydrogen-bond donors (Lipinski definition) is 0. The zero-order chi connectivity index (χ0) is 19.1. The summed E-state index contributed by atoms with van der Waals surface area (Å²) >= 11 is 3.05. The number of ether oxygens (including phenoxy) is 2. The number of piperidine rings is 1. The molecule has 144 valence electrons. The summed E-state index contributed by atoms with van der Waals surface area (Å²) in [6.45, 7) is 5.81. The van der Waals surface area contributed by atoms with E-state index in [0.29, 0.717) is 4.47 Å². The minimum Gasteiger partial charge on any atom is -0.487 e. The summed E-state index contributed by atoms with van der Waals surface area (Å²) in [6.07, 6.45) is 3.11. The quantitative estimate of drug-likeness (QED) is 0.652. The maximum Gasteiger partial charge on any atom is 0.410 e. The Labute approximate surface area is 161 Å². The van der Waals surface area contributed by atoms with E-state index in [4.69, 9.17) is 9.47 Å². The lowest BCUT2D eigenvalue weighted by atomic mass is 9.91. The molecule has 2 unspecified atom stereocenters. The van der Waals surface area contributed by atoms with Gasteiger partial charge in [0.15, 0.2) is 17.4 Å². The lowest BCUT2D eigenvalue weighted by molar-refractivity contribution is -0.00114. The fourth-order valence-corrected chi connectivity index (χ4v) is 4.31. The van der Waals surface area contributed by atoms with Gasteiger partial charge >= 0.3 is 6.09 Å². The van der Waals surface area contributed by atoms with E-state index in [1.807, 2.05) is 25.7 Å². The van der Waals surface area contributed by atoms with E-state index in [1.165, 1.54) is 12.1 Å². The average molecular weight is 432 g/mol. The van der Waals surface area contributed by atoms with Gasteiger partial charge in [0, 0.05) is 16.6 Å². The number of hydrogen-bond acceptors (Lipinski definition) is 3. The number of carbonyl (C=O) groups is 1. The normalized spacial score (nSPS) is 25.3. The summed E-state index contributed by atoms with van der Waals surface area (Å²) in [6, 6.07) is 2.59. The standard InChI is InChI=1S/C19H24BrF2NO3/c1-19(2,3)26-18(24)23-13-4-5-14(23)7-11(6-13)10-25-17-15(21)8-12(20)9-16(17)22/h8-9,11,13-14H,4-7,10H2,1-3H3. The van der Waals surface area contributed by atoms with Crippen molar-refractivity contribution in [1.29, 1.82) is 0 Å². The van der Waals surface area contributed by atoms with Gasteiger partial charge in [-0.1, -0.05) is 15.9 Å². The zero-order valence-electron chi connectivity index (χ0n) is 15.2. The van der Waals surface area contributed by atoms with E-state index < -0.39 is 17.2 Å².